The number of aromatic amines is 2. The van der Waals surface area contributed by atoms with Crippen LogP contribution in [-0.2, 0) is 23.8 Å². The Kier molecular flexibility index (Phi) is 10.9. The van der Waals surface area contributed by atoms with Gasteiger partial charge in [-0.15, -0.1) is 0 Å². The fourth-order valence-corrected chi connectivity index (χ4v) is 11.7. The molecular formula is C51H58N8O8. The van der Waals surface area contributed by atoms with Crippen LogP contribution in [0, 0.1) is 35.5 Å². The molecule has 4 unspecified atom stereocenters. The number of imidazole rings is 2. The van der Waals surface area contributed by atoms with Crippen LogP contribution in [-0.4, -0.2) is 116 Å². The molecule has 4 saturated heterocycles. The van der Waals surface area contributed by atoms with Crippen molar-refractivity contribution in [2.45, 2.75) is 113 Å². The maximum absolute atomic E-state index is 14.4. The molecule has 2 aromatic heterocycles. The monoisotopic (exact) mass is 910 g/mol. The molecule has 2 saturated carbocycles. The zero-order valence-electron chi connectivity index (χ0n) is 38.2. The number of alkyl carbamates (subject to hydrolysis) is 1. The Bertz CT molecular complexity index is 2850. The summed E-state index contributed by atoms with van der Waals surface area (Å²) in [5.41, 5.74) is 4.57. The van der Waals surface area contributed by atoms with E-state index in [1.165, 1.54) is 7.11 Å². The molecule has 0 radical (unpaired) electrons. The van der Waals surface area contributed by atoms with Crippen molar-refractivity contribution < 1.29 is 38.5 Å². The van der Waals surface area contributed by atoms with Crippen LogP contribution in [0.2, 0.25) is 0 Å². The first kappa shape index (κ1) is 43.4. The van der Waals surface area contributed by atoms with Crippen LogP contribution in [0.15, 0.2) is 48.5 Å². The predicted octanol–water partition coefficient (Wildman–Crippen LogP) is 7.09. The van der Waals surface area contributed by atoms with E-state index in [-0.39, 0.29) is 58.8 Å². The summed E-state index contributed by atoms with van der Waals surface area (Å²) in [5, 5.41) is 17.3. The highest BCUT2D eigenvalue weighted by atomic mass is 16.5. The van der Waals surface area contributed by atoms with Crippen molar-refractivity contribution in [2.24, 2.45) is 23.7 Å². The largest absolute Gasteiger partial charge is 0.465 e. The first-order chi connectivity index (χ1) is 32.3. The molecule has 0 bridgehead atoms. The van der Waals surface area contributed by atoms with E-state index in [4.69, 9.17) is 24.2 Å². The standard InChI is InChI=1S/C51H58N8O8/c1-28-20-39(58(26-28)47(61)42(57-49(64)65-3)34-13-19-67-51(25-34)16-17-51)44-52-36-10-7-31(23-38(36)54-44)5-4-30-6-9-35-32(22-30)8-11-37-43(35)55-45(53-37)40-21-29(2)27-59(40)46(60)41(56-48(62)63)33-12-18-66-50(24-33)14-15-50/h6-11,22-23,28-29,33-34,39-42,56H,12-21,24-27H2,1-3H3,(H,52,54)(H,53,55)(H,57,64)(H,62,63)/t28-,29-,33?,34?,39-,40-,41?,42?/m0/s1. The molecule has 4 aliphatic heterocycles. The van der Waals surface area contributed by atoms with Gasteiger partial charge in [0.05, 0.1) is 52.5 Å². The van der Waals surface area contributed by atoms with Gasteiger partial charge >= 0.3 is 12.2 Å². The number of nitrogens with zero attached hydrogens (tertiary/aromatic N) is 4. The average Bonchev–Trinajstić information content (AvgIpc) is 3.91. The van der Waals surface area contributed by atoms with E-state index in [1.54, 1.807) is 0 Å². The van der Waals surface area contributed by atoms with Crippen molar-refractivity contribution in [1.82, 2.24) is 40.4 Å². The number of fused-ring (bicyclic) bond motifs is 4. The van der Waals surface area contributed by atoms with Crippen LogP contribution in [0.3, 0.4) is 0 Å². The minimum Gasteiger partial charge on any atom is -0.465 e. The summed E-state index contributed by atoms with van der Waals surface area (Å²) in [6, 6.07) is 13.9. The number of carbonyl (C=O) groups is 4. The molecular weight excluding hydrogens is 853 g/mol. The topological polar surface area (TPSA) is 204 Å². The zero-order valence-corrected chi connectivity index (χ0v) is 38.2. The second-order valence-electron chi connectivity index (χ2n) is 20.4. The molecule has 16 nitrogen and oxygen atoms in total. The number of ether oxygens (including phenoxy) is 3. The van der Waals surface area contributed by atoms with Gasteiger partial charge in [0.15, 0.2) is 0 Å². The van der Waals surface area contributed by atoms with Crippen LogP contribution in [0.5, 0.6) is 0 Å². The molecule has 67 heavy (non-hydrogen) atoms. The zero-order chi connectivity index (χ0) is 46.2. The van der Waals surface area contributed by atoms with Crippen LogP contribution in [0.4, 0.5) is 9.59 Å². The number of hydrogen-bond donors (Lipinski definition) is 5. The molecule has 2 aliphatic carbocycles. The highest BCUT2D eigenvalue weighted by molar-refractivity contribution is 6.04. The number of carbonyl (C=O) groups excluding carboxylic acids is 3. The lowest BCUT2D eigenvalue weighted by Crippen LogP contribution is -2.54. The quantitative estimate of drug-likeness (QED) is 0.100. The minimum atomic E-state index is -1.19. The molecule has 6 aliphatic rings. The number of hydrogen-bond acceptors (Lipinski definition) is 9. The molecule has 8 atom stereocenters. The number of likely N-dealkylation sites (tertiary alicyclic amines) is 2. The highest BCUT2D eigenvalue weighted by Gasteiger charge is 2.53. The maximum atomic E-state index is 14.4. The second-order valence-corrected chi connectivity index (χ2v) is 20.4. The van der Waals surface area contributed by atoms with Crippen molar-refractivity contribution in [1.29, 1.82) is 0 Å². The van der Waals surface area contributed by atoms with Gasteiger partial charge in [0.25, 0.3) is 0 Å². The van der Waals surface area contributed by atoms with E-state index in [0.717, 1.165) is 88.9 Å². The molecule has 3 aromatic carbocycles. The fraction of sp³-hybridized carbons (Fsp3) is 0.529. The van der Waals surface area contributed by atoms with Crippen molar-refractivity contribution in [3.63, 3.8) is 0 Å². The van der Waals surface area contributed by atoms with E-state index >= 15 is 0 Å². The van der Waals surface area contributed by atoms with Gasteiger partial charge in [-0.05, 0) is 130 Å². The summed E-state index contributed by atoms with van der Waals surface area (Å²) in [4.78, 5) is 74.1. The molecule has 11 rings (SSSR count). The number of nitrogens with one attached hydrogen (secondary N) is 4. The third kappa shape index (κ3) is 8.45. The van der Waals surface area contributed by atoms with Crippen molar-refractivity contribution >= 4 is 56.8 Å². The smallest absolute Gasteiger partial charge is 0.407 e. The van der Waals surface area contributed by atoms with Gasteiger partial charge in [-0.2, -0.15) is 0 Å². The van der Waals surface area contributed by atoms with E-state index in [9.17, 15) is 24.3 Å². The van der Waals surface area contributed by atoms with Gasteiger partial charge < -0.3 is 49.7 Å². The maximum Gasteiger partial charge on any atom is 0.407 e. The highest BCUT2D eigenvalue weighted by Crippen LogP contribution is 2.50. The van der Waals surface area contributed by atoms with E-state index in [1.807, 2.05) is 52.3 Å². The molecule has 6 fully saturated rings. The molecule has 5 aromatic rings. The van der Waals surface area contributed by atoms with Crippen LogP contribution in [0.1, 0.15) is 113 Å². The number of carboxylic acid groups (broad SMARTS) is 1. The molecule has 4 amide bonds. The molecule has 6 heterocycles. The van der Waals surface area contributed by atoms with Crippen molar-refractivity contribution in [3.05, 3.63) is 71.3 Å². The lowest BCUT2D eigenvalue weighted by Gasteiger charge is -2.37. The summed E-state index contributed by atoms with van der Waals surface area (Å²) >= 11 is 0. The molecule has 2 spiro atoms. The van der Waals surface area contributed by atoms with Gasteiger partial charge in [0.2, 0.25) is 11.8 Å². The first-order valence-electron chi connectivity index (χ1n) is 24.0. The number of H-pyrrole nitrogens is 2. The van der Waals surface area contributed by atoms with Crippen LogP contribution < -0.4 is 10.6 Å². The first-order valence-corrected chi connectivity index (χ1v) is 24.0. The van der Waals surface area contributed by atoms with Gasteiger partial charge in [-0.1, -0.05) is 37.8 Å². The number of rotatable bonds is 8. The Morgan fingerprint density at radius 1 is 0.761 bits per heavy atom. The lowest BCUT2D eigenvalue weighted by molar-refractivity contribution is -0.138. The Hall–Kier alpha value is -6.18. The summed E-state index contributed by atoms with van der Waals surface area (Å²) in [5.74, 6) is 8.07. The summed E-state index contributed by atoms with van der Waals surface area (Å²) < 4.78 is 17.0. The average molecular weight is 911 g/mol. The lowest BCUT2D eigenvalue weighted by atomic mass is 9.86. The van der Waals surface area contributed by atoms with Crippen molar-refractivity contribution in [3.8, 4) is 11.8 Å². The van der Waals surface area contributed by atoms with E-state index < -0.39 is 24.3 Å². The predicted molar refractivity (Wildman–Crippen MR) is 248 cm³/mol. The molecule has 350 valence electrons. The summed E-state index contributed by atoms with van der Waals surface area (Å²) in [6.45, 7) is 6.45. The molecule has 16 heteroatoms. The third-order valence-electron chi connectivity index (χ3n) is 15.5. The van der Waals surface area contributed by atoms with Crippen LogP contribution >= 0.6 is 0 Å². The summed E-state index contributed by atoms with van der Waals surface area (Å²) in [6.07, 6.45) is 6.30. The van der Waals surface area contributed by atoms with Gasteiger partial charge in [-0.25, -0.2) is 19.6 Å². The second kappa shape index (κ2) is 16.9. The SMILES string of the molecule is COC(=O)NC(C(=O)N1C[C@@H](C)C[C@H]1c1nc2cc(C#Cc3ccc4c(ccc5nc([C@@H]6C[C@H](C)CN6C(=O)C(NC(=O)O)C6CCOC7(CC7)C6)[nH]c54)c3)ccc2[nH]1)C1CCOC2(CC2)C1. The normalized spacial score (nSPS) is 26.9. The Morgan fingerprint density at radius 3 is 1.93 bits per heavy atom. The molecule has 5 N–H and O–H groups in total. The van der Waals surface area contributed by atoms with E-state index in [0.29, 0.717) is 57.2 Å². The van der Waals surface area contributed by atoms with Gasteiger partial charge in [-0.3, -0.25) is 9.59 Å². The van der Waals surface area contributed by atoms with Crippen molar-refractivity contribution in [2.75, 3.05) is 33.4 Å². The number of methoxy groups -OCH3 is 1. The minimum absolute atomic E-state index is 0.0449. The number of aromatic nitrogens is 4. The Labute approximate surface area is 388 Å². The Morgan fingerprint density at radius 2 is 1.33 bits per heavy atom. The third-order valence-corrected chi connectivity index (χ3v) is 15.5. The fourth-order valence-electron chi connectivity index (χ4n) is 11.7. The Balaban J connectivity index is 0.808. The van der Waals surface area contributed by atoms with Gasteiger partial charge in [0.1, 0.15) is 23.7 Å². The number of benzene rings is 3. The van der Waals surface area contributed by atoms with Gasteiger partial charge in [0, 0.05) is 42.8 Å². The number of amides is 4. The van der Waals surface area contributed by atoms with E-state index in [2.05, 4.69) is 52.4 Å². The van der Waals surface area contributed by atoms with Crippen LogP contribution in [0.25, 0.3) is 32.8 Å². The summed E-state index contributed by atoms with van der Waals surface area (Å²) in [7, 11) is 1.32.